The number of amides is 1. The van der Waals surface area contributed by atoms with Crippen molar-refractivity contribution >= 4 is 21.7 Å². The van der Waals surface area contributed by atoms with Crippen LogP contribution < -0.4 is 5.32 Å². The highest BCUT2D eigenvalue weighted by Gasteiger charge is 2.35. The van der Waals surface area contributed by atoms with Gasteiger partial charge in [-0.25, -0.2) is 13.1 Å². The first-order chi connectivity index (χ1) is 12.7. The Labute approximate surface area is 158 Å². The van der Waals surface area contributed by atoms with Crippen molar-refractivity contribution in [3.8, 4) is 0 Å². The maximum atomic E-state index is 12.9. The van der Waals surface area contributed by atoms with Crippen LogP contribution in [-0.2, 0) is 14.8 Å². The van der Waals surface area contributed by atoms with E-state index in [4.69, 9.17) is 4.52 Å². The van der Waals surface area contributed by atoms with E-state index in [0.29, 0.717) is 24.4 Å². The lowest BCUT2D eigenvalue weighted by molar-refractivity contribution is -0.121. The third-order valence-electron chi connectivity index (χ3n) is 4.80. The lowest BCUT2D eigenvalue weighted by atomic mass is 9.97. The summed E-state index contributed by atoms with van der Waals surface area (Å²) in [7, 11) is -3.67. The summed E-state index contributed by atoms with van der Waals surface area (Å²) in [6.07, 6.45) is 2.57. The third kappa shape index (κ3) is 3.77. The molecule has 9 nitrogen and oxygen atoms in total. The lowest BCUT2D eigenvalue weighted by Crippen LogP contribution is -2.41. The maximum Gasteiger partial charge on any atom is 0.248 e. The summed E-state index contributed by atoms with van der Waals surface area (Å²) >= 11 is 0. The van der Waals surface area contributed by atoms with Gasteiger partial charge in [0.25, 0.3) is 0 Å². The molecule has 0 saturated carbocycles. The summed E-state index contributed by atoms with van der Waals surface area (Å²) in [5, 5.41) is 10.8. The van der Waals surface area contributed by atoms with Crippen LogP contribution in [0, 0.1) is 19.8 Å². The van der Waals surface area contributed by atoms with E-state index in [1.165, 1.54) is 4.31 Å². The first-order valence-corrected chi connectivity index (χ1v) is 10.4. The molecule has 2 aromatic rings. The molecule has 0 unspecified atom stereocenters. The first kappa shape index (κ1) is 19.6. The number of carbonyl (C=O) groups excluding carboxylic acids is 1. The van der Waals surface area contributed by atoms with Gasteiger partial charge in [-0.2, -0.15) is 9.40 Å². The van der Waals surface area contributed by atoms with Crippen molar-refractivity contribution in [1.29, 1.82) is 0 Å². The number of hydrogen-bond donors (Lipinski definition) is 1. The van der Waals surface area contributed by atoms with Crippen molar-refractivity contribution in [2.24, 2.45) is 5.92 Å². The molecule has 3 rings (SSSR count). The molecule has 1 saturated heterocycles. The topological polar surface area (TPSA) is 110 Å². The summed E-state index contributed by atoms with van der Waals surface area (Å²) in [6.45, 7) is 7.75. The van der Waals surface area contributed by atoms with Crippen molar-refractivity contribution in [3.05, 3.63) is 23.7 Å². The van der Waals surface area contributed by atoms with Crippen molar-refractivity contribution in [1.82, 2.24) is 19.2 Å². The number of piperidine rings is 1. The Kier molecular flexibility index (Phi) is 5.38. The van der Waals surface area contributed by atoms with Crippen LogP contribution in [0.2, 0.25) is 0 Å². The fourth-order valence-electron chi connectivity index (χ4n) is 3.38. The highest BCUT2D eigenvalue weighted by molar-refractivity contribution is 7.89. The molecule has 27 heavy (non-hydrogen) atoms. The Balaban J connectivity index is 1.65. The van der Waals surface area contributed by atoms with E-state index in [1.807, 2.05) is 13.8 Å². The zero-order valence-corrected chi connectivity index (χ0v) is 16.8. The van der Waals surface area contributed by atoms with Gasteiger partial charge in [0.05, 0.1) is 6.20 Å². The van der Waals surface area contributed by atoms with E-state index in [0.717, 1.165) is 0 Å². The molecule has 0 aliphatic carbocycles. The average Bonchev–Trinajstić information content (AvgIpc) is 3.21. The van der Waals surface area contributed by atoms with Crippen LogP contribution in [0.25, 0.3) is 0 Å². The monoisotopic (exact) mass is 395 g/mol. The fraction of sp³-hybridized carbons (Fsp3) is 0.588. The number of nitrogens with zero attached hydrogens (tertiary/aromatic N) is 4. The number of aromatic nitrogens is 3. The van der Waals surface area contributed by atoms with Crippen molar-refractivity contribution in [2.45, 2.75) is 51.5 Å². The summed E-state index contributed by atoms with van der Waals surface area (Å²) in [4.78, 5) is 12.7. The second kappa shape index (κ2) is 7.43. The predicted octanol–water partition coefficient (Wildman–Crippen LogP) is 2.11. The van der Waals surface area contributed by atoms with Gasteiger partial charge in [-0.1, -0.05) is 5.16 Å². The number of carbonyl (C=O) groups is 1. The first-order valence-electron chi connectivity index (χ1n) is 8.99. The van der Waals surface area contributed by atoms with Crippen LogP contribution in [0.15, 0.2) is 21.7 Å². The van der Waals surface area contributed by atoms with Gasteiger partial charge in [0.1, 0.15) is 16.4 Å². The third-order valence-corrected chi connectivity index (χ3v) is 6.94. The molecule has 3 heterocycles. The average molecular weight is 395 g/mol. The summed E-state index contributed by atoms with van der Waals surface area (Å²) in [5.41, 5.74) is 0.356. The molecule has 1 aliphatic rings. The summed E-state index contributed by atoms with van der Waals surface area (Å²) < 4.78 is 33.9. The standard InChI is InChI=1S/C17H25N5O4S/c1-11(2)22-15(5-8-18-22)19-17(23)14-6-9-21(10-7-14)27(24,25)16-12(3)20-26-13(16)4/h5,8,11,14H,6-7,9-10H2,1-4H3,(H,19,23). The van der Waals surface area contributed by atoms with Gasteiger partial charge >= 0.3 is 0 Å². The zero-order valence-electron chi connectivity index (χ0n) is 16.0. The lowest BCUT2D eigenvalue weighted by Gasteiger charge is -2.30. The Bertz CT molecular complexity index is 904. The van der Waals surface area contributed by atoms with Gasteiger partial charge in [0.15, 0.2) is 5.76 Å². The second-order valence-corrected chi connectivity index (χ2v) is 8.95. The highest BCUT2D eigenvalue weighted by Crippen LogP contribution is 2.28. The number of sulfonamides is 1. The molecule has 0 bridgehead atoms. The van der Waals surface area contributed by atoms with E-state index in [1.54, 1.807) is 30.8 Å². The van der Waals surface area contributed by atoms with Crippen molar-refractivity contribution < 1.29 is 17.7 Å². The van der Waals surface area contributed by atoms with Crippen molar-refractivity contribution in [2.75, 3.05) is 18.4 Å². The summed E-state index contributed by atoms with van der Waals surface area (Å²) in [6, 6.07) is 1.90. The molecule has 2 aromatic heterocycles. The minimum Gasteiger partial charge on any atom is -0.360 e. The molecular weight excluding hydrogens is 370 g/mol. The Morgan fingerprint density at radius 1 is 1.30 bits per heavy atom. The number of hydrogen-bond acceptors (Lipinski definition) is 6. The van der Waals surface area contributed by atoms with Crippen LogP contribution in [0.5, 0.6) is 0 Å². The SMILES string of the molecule is Cc1noc(C)c1S(=O)(=O)N1CCC(C(=O)Nc2ccnn2C(C)C)CC1. The molecule has 0 aromatic carbocycles. The molecular formula is C17H25N5O4S. The molecule has 1 amide bonds. The molecule has 0 spiro atoms. The van der Waals surface area contributed by atoms with Gasteiger partial charge in [-0.05, 0) is 40.5 Å². The maximum absolute atomic E-state index is 12.9. The van der Waals surface area contributed by atoms with E-state index in [-0.39, 0.29) is 41.6 Å². The molecule has 1 N–H and O–H groups in total. The Morgan fingerprint density at radius 2 is 1.96 bits per heavy atom. The second-order valence-electron chi connectivity index (χ2n) is 7.08. The number of rotatable bonds is 5. The Hall–Kier alpha value is -2.20. The van der Waals surface area contributed by atoms with Gasteiger partial charge in [0, 0.05) is 31.1 Å². The zero-order chi connectivity index (χ0) is 19.8. The number of aryl methyl sites for hydroxylation is 2. The molecule has 0 radical (unpaired) electrons. The molecule has 0 atom stereocenters. The smallest absolute Gasteiger partial charge is 0.248 e. The van der Waals surface area contributed by atoms with Crippen LogP contribution in [0.1, 0.15) is 44.2 Å². The van der Waals surface area contributed by atoms with E-state index in [9.17, 15) is 13.2 Å². The van der Waals surface area contributed by atoms with Gasteiger partial charge in [-0.15, -0.1) is 0 Å². The van der Waals surface area contributed by atoms with Gasteiger partial charge in [-0.3, -0.25) is 4.79 Å². The highest BCUT2D eigenvalue weighted by atomic mass is 32.2. The quantitative estimate of drug-likeness (QED) is 0.830. The number of anilines is 1. The fourth-order valence-corrected chi connectivity index (χ4v) is 5.14. The van der Waals surface area contributed by atoms with E-state index in [2.05, 4.69) is 15.6 Å². The van der Waals surface area contributed by atoms with Crippen LogP contribution in [0.3, 0.4) is 0 Å². The number of nitrogens with one attached hydrogen (secondary N) is 1. The van der Waals surface area contributed by atoms with Crippen LogP contribution >= 0.6 is 0 Å². The van der Waals surface area contributed by atoms with Crippen LogP contribution in [0.4, 0.5) is 5.82 Å². The predicted molar refractivity (Wildman–Crippen MR) is 98.7 cm³/mol. The van der Waals surface area contributed by atoms with Crippen molar-refractivity contribution in [3.63, 3.8) is 0 Å². The molecule has 10 heteroatoms. The van der Waals surface area contributed by atoms with Gasteiger partial charge < -0.3 is 9.84 Å². The van der Waals surface area contributed by atoms with E-state index < -0.39 is 10.0 Å². The molecule has 148 valence electrons. The Morgan fingerprint density at radius 3 is 2.52 bits per heavy atom. The van der Waals surface area contributed by atoms with Gasteiger partial charge in [0.2, 0.25) is 15.9 Å². The minimum absolute atomic E-state index is 0.105. The molecule has 1 aliphatic heterocycles. The van der Waals surface area contributed by atoms with Crippen LogP contribution in [-0.4, -0.2) is 46.7 Å². The minimum atomic E-state index is -3.67. The normalized spacial score (nSPS) is 16.8. The van der Waals surface area contributed by atoms with E-state index >= 15 is 0 Å². The molecule has 1 fully saturated rings. The summed E-state index contributed by atoms with van der Waals surface area (Å²) in [5.74, 6) is 0.596. The largest absolute Gasteiger partial charge is 0.360 e.